The van der Waals surface area contributed by atoms with Crippen LogP contribution in [-0.2, 0) is 11.3 Å². The fraction of sp³-hybridized carbons (Fsp3) is 0.412. The fourth-order valence-corrected chi connectivity index (χ4v) is 3.05. The minimum Gasteiger partial charge on any atom is -0.497 e. The first-order valence-electron chi connectivity index (χ1n) is 8.25. The van der Waals surface area contributed by atoms with Gasteiger partial charge < -0.3 is 9.30 Å². The van der Waals surface area contributed by atoms with Crippen molar-refractivity contribution in [1.82, 2.24) is 25.6 Å². The molecule has 0 bridgehead atoms. The van der Waals surface area contributed by atoms with Crippen LogP contribution in [0.2, 0.25) is 0 Å². The Balaban J connectivity index is 1.84. The van der Waals surface area contributed by atoms with Crippen LogP contribution < -0.4 is 15.6 Å². The zero-order valence-electron chi connectivity index (χ0n) is 15.3. The molecule has 1 aromatic heterocycles. The summed E-state index contributed by atoms with van der Waals surface area (Å²) >= 11 is 1.28. The van der Waals surface area contributed by atoms with Crippen molar-refractivity contribution in [2.24, 2.45) is 0 Å². The summed E-state index contributed by atoms with van der Waals surface area (Å²) in [5.74, 6) is 1.21. The van der Waals surface area contributed by atoms with Crippen LogP contribution in [0.3, 0.4) is 0 Å². The van der Waals surface area contributed by atoms with Gasteiger partial charge in [-0.25, -0.2) is 0 Å². The van der Waals surface area contributed by atoms with Gasteiger partial charge in [0.15, 0.2) is 5.16 Å². The molecule has 0 fully saturated rings. The zero-order chi connectivity index (χ0) is 19.1. The van der Waals surface area contributed by atoms with E-state index in [1.807, 2.05) is 25.3 Å². The summed E-state index contributed by atoms with van der Waals surface area (Å²) in [7, 11) is 1.55. The quantitative estimate of drug-likeness (QED) is 0.566. The smallest absolute Gasteiger partial charge is 0.269 e. The maximum absolute atomic E-state index is 12.0. The molecule has 0 saturated heterocycles. The van der Waals surface area contributed by atoms with Crippen molar-refractivity contribution in [2.75, 3.05) is 12.9 Å². The molecule has 0 atom stereocenters. The second kappa shape index (κ2) is 9.23. The Morgan fingerprint density at radius 3 is 2.46 bits per heavy atom. The average Bonchev–Trinajstić information content (AvgIpc) is 3.07. The Kier molecular flexibility index (Phi) is 7.02. The van der Waals surface area contributed by atoms with Gasteiger partial charge in [0.2, 0.25) is 5.91 Å². The molecule has 2 aromatic rings. The van der Waals surface area contributed by atoms with Crippen LogP contribution in [0.5, 0.6) is 5.75 Å². The third kappa shape index (κ3) is 4.98. The Morgan fingerprint density at radius 1 is 1.19 bits per heavy atom. The normalized spacial score (nSPS) is 10.7. The summed E-state index contributed by atoms with van der Waals surface area (Å²) < 4.78 is 7.02. The number of rotatable bonds is 7. The van der Waals surface area contributed by atoms with Gasteiger partial charge >= 0.3 is 0 Å². The zero-order valence-corrected chi connectivity index (χ0v) is 16.1. The van der Waals surface area contributed by atoms with Crippen molar-refractivity contribution in [2.45, 2.75) is 38.4 Å². The number of hydrogen-bond donors (Lipinski definition) is 2. The van der Waals surface area contributed by atoms with Gasteiger partial charge in [-0.3, -0.25) is 20.4 Å². The van der Waals surface area contributed by atoms with E-state index in [0.29, 0.717) is 16.5 Å². The molecular weight excluding hydrogens is 354 g/mol. The molecule has 1 heterocycles. The van der Waals surface area contributed by atoms with E-state index in [1.54, 1.807) is 31.4 Å². The largest absolute Gasteiger partial charge is 0.497 e. The van der Waals surface area contributed by atoms with Crippen molar-refractivity contribution in [3.05, 3.63) is 35.7 Å². The molecule has 2 N–H and O–H groups in total. The molecule has 0 spiro atoms. The van der Waals surface area contributed by atoms with E-state index in [9.17, 15) is 9.59 Å². The van der Waals surface area contributed by atoms with Crippen LogP contribution in [0.1, 0.15) is 42.9 Å². The van der Waals surface area contributed by atoms with Crippen LogP contribution in [-0.4, -0.2) is 39.4 Å². The van der Waals surface area contributed by atoms with Gasteiger partial charge in [-0.2, -0.15) is 0 Å². The van der Waals surface area contributed by atoms with Gasteiger partial charge in [-0.1, -0.05) is 25.6 Å². The van der Waals surface area contributed by atoms with Gasteiger partial charge in [0.25, 0.3) is 5.91 Å². The van der Waals surface area contributed by atoms with E-state index >= 15 is 0 Å². The molecule has 9 heteroatoms. The van der Waals surface area contributed by atoms with Crippen LogP contribution in [0.25, 0.3) is 0 Å². The first kappa shape index (κ1) is 19.8. The first-order chi connectivity index (χ1) is 12.5. The predicted molar refractivity (Wildman–Crippen MR) is 99.1 cm³/mol. The lowest BCUT2D eigenvalue weighted by Crippen LogP contribution is -2.42. The average molecular weight is 377 g/mol. The van der Waals surface area contributed by atoms with Crippen LogP contribution in [0.4, 0.5) is 0 Å². The molecule has 1 aromatic carbocycles. The minimum absolute atomic E-state index is 0.124. The number of thioether (sulfide) groups is 1. The molecule has 2 rings (SSSR count). The number of hydrogen-bond acceptors (Lipinski definition) is 6. The summed E-state index contributed by atoms with van der Waals surface area (Å²) in [6, 6.07) is 6.59. The van der Waals surface area contributed by atoms with Gasteiger partial charge in [0.05, 0.1) is 12.9 Å². The Morgan fingerprint density at radius 2 is 1.88 bits per heavy atom. The molecular formula is C17H23N5O3S. The summed E-state index contributed by atoms with van der Waals surface area (Å²) in [4.78, 5) is 24.0. The Hall–Kier alpha value is -2.55. The van der Waals surface area contributed by atoms with Crippen molar-refractivity contribution in [3.8, 4) is 5.75 Å². The highest BCUT2D eigenvalue weighted by molar-refractivity contribution is 7.99. The third-order valence-electron chi connectivity index (χ3n) is 3.58. The molecule has 0 aliphatic carbocycles. The number of benzene rings is 1. The second-order valence-electron chi connectivity index (χ2n) is 5.76. The predicted octanol–water partition coefficient (Wildman–Crippen LogP) is 1.98. The van der Waals surface area contributed by atoms with Gasteiger partial charge in [-0.05, 0) is 31.2 Å². The molecule has 8 nitrogen and oxygen atoms in total. The minimum atomic E-state index is -0.398. The van der Waals surface area contributed by atoms with E-state index < -0.39 is 5.91 Å². The van der Waals surface area contributed by atoms with E-state index in [-0.39, 0.29) is 17.6 Å². The molecule has 140 valence electrons. The lowest BCUT2D eigenvalue weighted by molar-refractivity contribution is -0.119. The van der Waals surface area contributed by atoms with E-state index in [1.165, 1.54) is 11.8 Å². The molecule has 26 heavy (non-hydrogen) atoms. The molecule has 2 amide bonds. The van der Waals surface area contributed by atoms with E-state index in [4.69, 9.17) is 4.74 Å². The Bertz CT molecular complexity index is 758. The second-order valence-corrected chi connectivity index (χ2v) is 6.70. The highest BCUT2D eigenvalue weighted by Gasteiger charge is 2.15. The molecule has 0 unspecified atom stereocenters. The summed E-state index contributed by atoms with van der Waals surface area (Å²) in [6.07, 6.45) is 0. The standard InChI is InChI=1S/C17H23N5O3S/c1-5-22-15(11(2)3)19-21-17(22)26-10-14(23)18-20-16(24)12-6-8-13(25-4)9-7-12/h6-9,11H,5,10H2,1-4H3,(H,18,23)(H,20,24). The number of methoxy groups -OCH3 is 1. The van der Waals surface area contributed by atoms with Crippen molar-refractivity contribution in [1.29, 1.82) is 0 Å². The third-order valence-corrected chi connectivity index (χ3v) is 4.54. The Labute approximate surface area is 156 Å². The van der Waals surface area contributed by atoms with E-state index in [2.05, 4.69) is 21.0 Å². The fourth-order valence-electron chi connectivity index (χ4n) is 2.24. The van der Waals surface area contributed by atoms with E-state index in [0.717, 1.165) is 12.4 Å². The highest BCUT2D eigenvalue weighted by Crippen LogP contribution is 2.20. The topological polar surface area (TPSA) is 98.1 Å². The van der Waals surface area contributed by atoms with Crippen molar-refractivity contribution in [3.63, 3.8) is 0 Å². The molecule has 0 aliphatic heterocycles. The van der Waals surface area contributed by atoms with Crippen LogP contribution >= 0.6 is 11.8 Å². The number of amides is 2. The molecule has 0 aliphatic rings. The number of hydrazine groups is 1. The summed E-state index contributed by atoms with van der Waals surface area (Å²) in [6.45, 7) is 6.84. The highest BCUT2D eigenvalue weighted by atomic mass is 32.2. The number of ether oxygens (including phenoxy) is 1. The number of nitrogens with zero attached hydrogens (tertiary/aromatic N) is 3. The molecule has 0 radical (unpaired) electrons. The lowest BCUT2D eigenvalue weighted by atomic mass is 10.2. The van der Waals surface area contributed by atoms with Crippen LogP contribution in [0.15, 0.2) is 29.4 Å². The van der Waals surface area contributed by atoms with Crippen LogP contribution in [0, 0.1) is 0 Å². The number of carbonyl (C=O) groups excluding carboxylic acids is 2. The monoisotopic (exact) mass is 377 g/mol. The maximum Gasteiger partial charge on any atom is 0.269 e. The summed E-state index contributed by atoms with van der Waals surface area (Å²) in [5.41, 5.74) is 5.21. The first-order valence-corrected chi connectivity index (χ1v) is 9.24. The maximum atomic E-state index is 12.0. The number of aromatic nitrogens is 3. The van der Waals surface area contributed by atoms with Gasteiger partial charge in [0.1, 0.15) is 11.6 Å². The molecule has 0 saturated carbocycles. The number of carbonyl (C=O) groups is 2. The van der Waals surface area contributed by atoms with Crippen molar-refractivity contribution >= 4 is 23.6 Å². The lowest BCUT2D eigenvalue weighted by Gasteiger charge is -2.10. The van der Waals surface area contributed by atoms with Gasteiger partial charge in [-0.15, -0.1) is 10.2 Å². The summed E-state index contributed by atoms with van der Waals surface area (Å²) in [5, 5.41) is 9.00. The van der Waals surface area contributed by atoms with Crippen molar-refractivity contribution < 1.29 is 14.3 Å². The number of nitrogens with one attached hydrogen (secondary N) is 2. The SMILES string of the molecule is CCn1c(SCC(=O)NNC(=O)c2ccc(OC)cc2)nnc1C(C)C. The van der Waals surface area contributed by atoms with Gasteiger partial charge in [0, 0.05) is 18.0 Å².